The van der Waals surface area contributed by atoms with Crippen LogP contribution in [0.1, 0.15) is 20.1 Å². The fraction of sp³-hybridized carbons (Fsp3) is 0.214. The predicted octanol–water partition coefficient (Wildman–Crippen LogP) is 3.67. The van der Waals surface area contributed by atoms with Crippen LogP contribution in [0.5, 0.6) is 0 Å². The number of rotatable bonds is 4. The predicted molar refractivity (Wildman–Crippen MR) is 81.6 cm³/mol. The Hall–Kier alpha value is -1.17. The second-order valence-corrected chi connectivity index (χ2v) is 8.35. The fourth-order valence-corrected chi connectivity index (χ4v) is 4.36. The number of halogens is 1. The van der Waals surface area contributed by atoms with Gasteiger partial charge in [-0.1, -0.05) is 17.7 Å². The Morgan fingerprint density at radius 3 is 2.50 bits per heavy atom. The average Bonchev–Trinajstić information content (AvgIpc) is 2.68. The number of Topliss-reactive ketones (excluding diaryl/α,β-unsaturated/α-hetero) is 1. The van der Waals surface area contributed by atoms with Crippen molar-refractivity contribution in [2.45, 2.75) is 18.7 Å². The van der Waals surface area contributed by atoms with E-state index >= 15 is 0 Å². The van der Waals surface area contributed by atoms with Crippen LogP contribution in [0.4, 0.5) is 0 Å². The first kappa shape index (κ1) is 15.2. The van der Waals surface area contributed by atoms with Crippen LogP contribution in [0.25, 0.3) is 0 Å². The zero-order valence-corrected chi connectivity index (χ0v) is 13.4. The standard InChI is InChI=1S/C14H13ClO3S2/c1-9-6-13(10(2)19-9)14(16)8-20(17,18)12-5-3-4-11(15)7-12/h3-7H,8H2,1-2H3. The summed E-state index contributed by atoms with van der Waals surface area (Å²) in [7, 11) is -3.67. The average molecular weight is 329 g/mol. The summed E-state index contributed by atoms with van der Waals surface area (Å²) in [5.41, 5.74) is 0.484. The van der Waals surface area contributed by atoms with Gasteiger partial charge in [0.15, 0.2) is 15.6 Å². The molecule has 0 aliphatic heterocycles. The van der Waals surface area contributed by atoms with E-state index in [9.17, 15) is 13.2 Å². The Bertz CT molecular complexity index is 760. The van der Waals surface area contributed by atoms with E-state index in [1.54, 1.807) is 18.2 Å². The van der Waals surface area contributed by atoms with Gasteiger partial charge in [-0.15, -0.1) is 11.3 Å². The van der Waals surface area contributed by atoms with Crippen molar-refractivity contribution in [3.05, 3.63) is 50.7 Å². The van der Waals surface area contributed by atoms with Gasteiger partial charge in [-0.25, -0.2) is 8.42 Å². The summed E-state index contributed by atoms with van der Waals surface area (Å²) < 4.78 is 24.4. The summed E-state index contributed by atoms with van der Waals surface area (Å²) >= 11 is 7.27. The molecule has 0 N–H and O–H groups in total. The topological polar surface area (TPSA) is 51.2 Å². The summed E-state index contributed by atoms with van der Waals surface area (Å²) in [6.45, 7) is 3.71. The van der Waals surface area contributed by atoms with Crippen molar-refractivity contribution >= 4 is 38.6 Å². The first-order valence-corrected chi connectivity index (χ1v) is 8.73. The van der Waals surface area contributed by atoms with Crippen LogP contribution in [0.15, 0.2) is 35.2 Å². The van der Waals surface area contributed by atoms with E-state index in [0.29, 0.717) is 10.6 Å². The van der Waals surface area contributed by atoms with Gasteiger partial charge in [-0.2, -0.15) is 0 Å². The molecule has 0 atom stereocenters. The van der Waals surface area contributed by atoms with E-state index in [0.717, 1.165) is 9.75 Å². The number of benzene rings is 1. The van der Waals surface area contributed by atoms with E-state index in [1.807, 2.05) is 13.8 Å². The third-order valence-corrected chi connectivity index (χ3v) is 5.63. The second kappa shape index (κ2) is 5.68. The monoisotopic (exact) mass is 328 g/mol. The minimum Gasteiger partial charge on any atom is -0.293 e. The number of hydrogen-bond acceptors (Lipinski definition) is 4. The Morgan fingerprint density at radius 2 is 1.95 bits per heavy atom. The van der Waals surface area contributed by atoms with Crippen LogP contribution in [0, 0.1) is 13.8 Å². The minimum absolute atomic E-state index is 0.0722. The van der Waals surface area contributed by atoms with E-state index in [1.165, 1.54) is 23.5 Å². The first-order chi connectivity index (χ1) is 9.29. The van der Waals surface area contributed by atoms with Gasteiger partial charge in [-0.05, 0) is 38.1 Å². The zero-order valence-electron chi connectivity index (χ0n) is 11.0. The molecule has 1 heterocycles. The van der Waals surface area contributed by atoms with Crippen molar-refractivity contribution in [1.29, 1.82) is 0 Å². The Labute approximate surface area is 127 Å². The molecular formula is C14H13ClO3S2. The highest BCUT2D eigenvalue weighted by atomic mass is 35.5. The maximum Gasteiger partial charge on any atom is 0.185 e. The highest BCUT2D eigenvalue weighted by Crippen LogP contribution is 2.23. The zero-order chi connectivity index (χ0) is 14.9. The van der Waals surface area contributed by atoms with Gasteiger partial charge < -0.3 is 0 Å². The molecule has 0 spiro atoms. The number of sulfone groups is 1. The number of aryl methyl sites for hydroxylation is 2. The van der Waals surface area contributed by atoms with E-state index in [-0.39, 0.29) is 10.7 Å². The van der Waals surface area contributed by atoms with Crippen LogP contribution >= 0.6 is 22.9 Å². The van der Waals surface area contributed by atoms with Crippen molar-refractivity contribution in [2.24, 2.45) is 0 Å². The molecule has 0 bridgehead atoms. The van der Waals surface area contributed by atoms with Gasteiger partial charge in [0.1, 0.15) is 5.75 Å². The number of ketones is 1. The third-order valence-electron chi connectivity index (χ3n) is 2.82. The highest BCUT2D eigenvalue weighted by molar-refractivity contribution is 7.92. The molecule has 0 amide bonds. The number of carbonyl (C=O) groups is 1. The molecular weight excluding hydrogens is 316 g/mol. The van der Waals surface area contributed by atoms with Crippen molar-refractivity contribution in [1.82, 2.24) is 0 Å². The van der Waals surface area contributed by atoms with Crippen LogP contribution in [0.3, 0.4) is 0 Å². The van der Waals surface area contributed by atoms with Gasteiger partial charge in [0.05, 0.1) is 4.90 Å². The maximum atomic E-state index is 12.2. The first-order valence-electron chi connectivity index (χ1n) is 5.88. The molecule has 2 rings (SSSR count). The largest absolute Gasteiger partial charge is 0.293 e. The van der Waals surface area contributed by atoms with Crippen molar-refractivity contribution in [3.63, 3.8) is 0 Å². The van der Waals surface area contributed by atoms with Gasteiger partial charge in [0, 0.05) is 20.3 Å². The summed E-state index contributed by atoms with van der Waals surface area (Å²) in [6, 6.07) is 7.68. The molecule has 0 unspecified atom stereocenters. The lowest BCUT2D eigenvalue weighted by Gasteiger charge is -2.04. The Kier molecular flexibility index (Phi) is 4.32. The number of hydrogen-bond donors (Lipinski definition) is 0. The molecule has 2 aromatic rings. The molecule has 0 fully saturated rings. The highest BCUT2D eigenvalue weighted by Gasteiger charge is 2.22. The number of carbonyl (C=O) groups excluding carboxylic acids is 1. The van der Waals surface area contributed by atoms with Crippen molar-refractivity contribution < 1.29 is 13.2 Å². The Balaban J connectivity index is 2.29. The molecule has 0 saturated carbocycles. The van der Waals surface area contributed by atoms with E-state index in [4.69, 9.17) is 11.6 Å². The van der Waals surface area contributed by atoms with E-state index in [2.05, 4.69) is 0 Å². The SMILES string of the molecule is Cc1cc(C(=O)CS(=O)(=O)c2cccc(Cl)c2)c(C)s1. The molecule has 6 heteroatoms. The van der Waals surface area contributed by atoms with Crippen LogP contribution < -0.4 is 0 Å². The van der Waals surface area contributed by atoms with E-state index < -0.39 is 15.6 Å². The Morgan fingerprint density at radius 1 is 1.25 bits per heavy atom. The molecule has 0 saturated heterocycles. The quantitative estimate of drug-likeness (QED) is 0.804. The summed E-state index contributed by atoms with van der Waals surface area (Å²) in [4.78, 5) is 14.1. The lowest BCUT2D eigenvalue weighted by molar-refractivity contribution is 0.102. The van der Waals surface area contributed by atoms with Gasteiger partial charge >= 0.3 is 0 Å². The van der Waals surface area contributed by atoms with Crippen LogP contribution in [-0.2, 0) is 9.84 Å². The molecule has 1 aromatic carbocycles. The minimum atomic E-state index is -3.67. The lowest BCUT2D eigenvalue weighted by atomic mass is 10.2. The normalized spacial score (nSPS) is 11.6. The second-order valence-electron chi connectivity index (χ2n) is 4.47. The summed E-state index contributed by atoms with van der Waals surface area (Å²) in [6.07, 6.45) is 0. The third kappa shape index (κ3) is 3.29. The van der Waals surface area contributed by atoms with Crippen LogP contribution in [-0.4, -0.2) is 20.0 Å². The van der Waals surface area contributed by atoms with Gasteiger partial charge in [-0.3, -0.25) is 4.79 Å². The van der Waals surface area contributed by atoms with Crippen molar-refractivity contribution in [2.75, 3.05) is 5.75 Å². The molecule has 0 aliphatic rings. The van der Waals surface area contributed by atoms with Crippen molar-refractivity contribution in [3.8, 4) is 0 Å². The number of thiophene rings is 1. The fourth-order valence-electron chi connectivity index (χ4n) is 1.90. The van der Waals surface area contributed by atoms with Gasteiger partial charge in [0.25, 0.3) is 0 Å². The summed E-state index contributed by atoms with van der Waals surface area (Å²) in [5.74, 6) is -0.920. The molecule has 0 radical (unpaired) electrons. The summed E-state index contributed by atoms with van der Waals surface area (Å²) in [5, 5.41) is 0.334. The molecule has 106 valence electrons. The molecule has 3 nitrogen and oxygen atoms in total. The smallest absolute Gasteiger partial charge is 0.185 e. The molecule has 1 aromatic heterocycles. The molecule has 20 heavy (non-hydrogen) atoms. The van der Waals surface area contributed by atoms with Crippen LogP contribution in [0.2, 0.25) is 5.02 Å². The molecule has 0 aliphatic carbocycles. The maximum absolute atomic E-state index is 12.2. The lowest BCUT2D eigenvalue weighted by Crippen LogP contribution is -2.16. The van der Waals surface area contributed by atoms with Gasteiger partial charge in [0.2, 0.25) is 0 Å².